The highest BCUT2D eigenvalue weighted by Gasteiger charge is 2.20. The Kier molecular flexibility index (Phi) is 4.96. The summed E-state index contributed by atoms with van der Waals surface area (Å²) in [6.07, 6.45) is 6.89. The Hall–Kier alpha value is -1.64. The van der Waals surface area contributed by atoms with Crippen LogP contribution in [0.3, 0.4) is 0 Å². The lowest BCUT2D eigenvalue weighted by Crippen LogP contribution is -2.34. The summed E-state index contributed by atoms with van der Waals surface area (Å²) in [5, 5.41) is 7.30. The van der Waals surface area contributed by atoms with E-state index in [0.717, 1.165) is 25.0 Å². The molecular weight excluding hydrogens is 292 g/mol. The van der Waals surface area contributed by atoms with Gasteiger partial charge in [-0.05, 0) is 66.5 Å². The molecule has 2 aliphatic rings. The Bertz CT molecular complexity index is 671. The molecule has 2 aromatic rings. The van der Waals surface area contributed by atoms with Crippen LogP contribution in [-0.2, 0) is 13.1 Å². The van der Waals surface area contributed by atoms with E-state index in [2.05, 4.69) is 59.2 Å². The molecule has 2 nitrogen and oxygen atoms in total. The van der Waals surface area contributed by atoms with E-state index in [0.29, 0.717) is 0 Å². The molecule has 2 aromatic carbocycles. The monoisotopic (exact) mass is 320 g/mol. The Morgan fingerprint density at radius 1 is 0.875 bits per heavy atom. The minimum Gasteiger partial charge on any atom is -0.312 e. The molecule has 0 aliphatic heterocycles. The molecule has 2 heteroatoms. The zero-order valence-electron chi connectivity index (χ0n) is 14.4. The highest BCUT2D eigenvalue weighted by atomic mass is 14.9. The molecule has 4 rings (SSSR count). The summed E-state index contributed by atoms with van der Waals surface area (Å²) in [5.74, 6) is 0.929. The second-order valence-corrected chi connectivity index (χ2v) is 7.44. The van der Waals surface area contributed by atoms with Crippen LogP contribution in [0.4, 0.5) is 0 Å². The third kappa shape index (κ3) is 4.06. The molecular formula is C22H28N2. The van der Waals surface area contributed by atoms with Gasteiger partial charge in [0.25, 0.3) is 0 Å². The van der Waals surface area contributed by atoms with Gasteiger partial charge in [-0.1, -0.05) is 48.9 Å². The molecule has 0 amide bonds. The van der Waals surface area contributed by atoms with Crippen molar-refractivity contribution in [2.75, 3.05) is 6.54 Å². The van der Waals surface area contributed by atoms with E-state index in [1.165, 1.54) is 60.9 Å². The summed E-state index contributed by atoms with van der Waals surface area (Å²) < 4.78 is 0. The molecule has 0 radical (unpaired) electrons. The van der Waals surface area contributed by atoms with E-state index in [1.807, 2.05) is 0 Å². The van der Waals surface area contributed by atoms with Crippen molar-refractivity contribution in [1.29, 1.82) is 0 Å². The van der Waals surface area contributed by atoms with E-state index >= 15 is 0 Å². The van der Waals surface area contributed by atoms with Gasteiger partial charge in [-0.25, -0.2) is 0 Å². The van der Waals surface area contributed by atoms with Gasteiger partial charge in [0.1, 0.15) is 0 Å². The molecule has 0 atom stereocenters. The van der Waals surface area contributed by atoms with Crippen LogP contribution in [0, 0.1) is 5.92 Å². The standard InChI is InChI=1S/C22H28N2/c1-2-10-22(20(6-1)16-23-14-17-11-12-17)19-7-3-5-18(13-19)15-24-21-8-4-9-21/h1-3,5-7,10,13,17,21,23-24H,4,8-9,11-12,14-16H2. The average molecular weight is 320 g/mol. The lowest BCUT2D eigenvalue weighted by atomic mass is 9.93. The Morgan fingerprint density at radius 2 is 1.75 bits per heavy atom. The number of rotatable bonds is 8. The van der Waals surface area contributed by atoms with Gasteiger partial charge in [-0.15, -0.1) is 0 Å². The Balaban J connectivity index is 1.45. The molecule has 2 fully saturated rings. The lowest BCUT2D eigenvalue weighted by Gasteiger charge is -2.26. The number of hydrogen-bond acceptors (Lipinski definition) is 2. The summed E-state index contributed by atoms with van der Waals surface area (Å²) in [6.45, 7) is 3.12. The molecule has 0 bridgehead atoms. The van der Waals surface area contributed by atoms with Crippen molar-refractivity contribution in [3.8, 4) is 11.1 Å². The predicted molar refractivity (Wildman–Crippen MR) is 101 cm³/mol. The Labute approximate surface area is 145 Å². The third-order valence-corrected chi connectivity index (χ3v) is 5.40. The van der Waals surface area contributed by atoms with Crippen molar-refractivity contribution < 1.29 is 0 Å². The maximum Gasteiger partial charge on any atom is 0.0211 e. The van der Waals surface area contributed by atoms with Gasteiger partial charge in [0.2, 0.25) is 0 Å². The summed E-state index contributed by atoms with van der Waals surface area (Å²) >= 11 is 0. The van der Waals surface area contributed by atoms with Crippen molar-refractivity contribution in [3.05, 3.63) is 59.7 Å². The van der Waals surface area contributed by atoms with Crippen LogP contribution in [0.2, 0.25) is 0 Å². The molecule has 0 unspecified atom stereocenters. The van der Waals surface area contributed by atoms with E-state index in [1.54, 1.807) is 0 Å². The second kappa shape index (κ2) is 7.50. The van der Waals surface area contributed by atoms with Crippen LogP contribution in [0.15, 0.2) is 48.5 Å². The predicted octanol–water partition coefficient (Wildman–Crippen LogP) is 4.50. The maximum atomic E-state index is 3.67. The van der Waals surface area contributed by atoms with Crippen molar-refractivity contribution in [2.45, 2.75) is 51.2 Å². The molecule has 2 aliphatic carbocycles. The zero-order valence-corrected chi connectivity index (χ0v) is 14.4. The van der Waals surface area contributed by atoms with Gasteiger partial charge < -0.3 is 10.6 Å². The van der Waals surface area contributed by atoms with E-state index in [4.69, 9.17) is 0 Å². The highest BCUT2D eigenvalue weighted by Crippen LogP contribution is 2.28. The van der Waals surface area contributed by atoms with Crippen LogP contribution < -0.4 is 10.6 Å². The van der Waals surface area contributed by atoms with Gasteiger partial charge in [-0.3, -0.25) is 0 Å². The maximum absolute atomic E-state index is 3.67. The highest BCUT2D eigenvalue weighted by molar-refractivity contribution is 5.68. The molecule has 24 heavy (non-hydrogen) atoms. The van der Waals surface area contributed by atoms with Crippen LogP contribution in [0.5, 0.6) is 0 Å². The first kappa shape index (κ1) is 15.9. The van der Waals surface area contributed by atoms with Crippen LogP contribution in [0.1, 0.15) is 43.2 Å². The molecule has 0 aromatic heterocycles. The third-order valence-electron chi connectivity index (χ3n) is 5.40. The quantitative estimate of drug-likeness (QED) is 0.748. The SMILES string of the molecule is c1cc(CNC2CCC2)cc(-c2ccccc2CNCC2CC2)c1. The van der Waals surface area contributed by atoms with Gasteiger partial charge in [0.15, 0.2) is 0 Å². The van der Waals surface area contributed by atoms with Crippen molar-refractivity contribution in [2.24, 2.45) is 5.92 Å². The molecule has 0 spiro atoms. The van der Waals surface area contributed by atoms with Gasteiger partial charge >= 0.3 is 0 Å². The number of hydrogen-bond donors (Lipinski definition) is 2. The minimum atomic E-state index is 0.743. The van der Waals surface area contributed by atoms with Crippen molar-refractivity contribution in [1.82, 2.24) is 10.6 Å². The average Bonchev–Trinajstić information content (AvgIpc) is 3.39. The number of benzene rings is 2. The second-order valence-electron chi connectivity index (χ2n) is 7.44. The first-order valence-corrected chi connectivity index (χ1v) is 9.50. The molecule has 2 saturated carbocycles. The van der Waals surface area contributed by atoms with Crippen LogP contribution in [0.25, 0.3) is 11.1 Å². The van der Waals surface area contributed by atoms with E-state index in [9.17, 15) is 0 Å². The molecule has 0 heterocycles. The molecule has 0 saturated heterocycles. The van der Waals surface area contributed by atoms with Crippen LogP contribution in [-0.4, -0.2) is 12.6 Å². The minimum absolute atomic E-state index is 0.743. The summed E-state index contributed by atoms with van der Waals surface area (Å²) in [6, 6.07) is 18.6. The normalized spacial score (nSPS) is 17.7. The molecule has 2 N–H and O–H groups in total. The largest absolute Gasteiger partial charge is 0.312 e. The molecule has 126 valence electrons. The fraction of sp³-hybridized carbons (Fsp3) is 0.455. The van der Waals surface area contributed by atoms with E-state index < -0.39 is 0 Å². The first-order chi connectivity index (χ1) is 11.9. The fourth-order valence-corrected chi connectivity index (χ4v) is 3.41. The zero-order chi connectivity index (χ0) is 16.2. The van der Waals surface area contributed by atoms with Gasteiger partial charge in [0, 0.05) is 19.1 Å². The fourth-order valence-electron chi connectivity index (χ4n) is 3.41. The smallest absolute Gasteiger partial charge is 0.0211 e. The lowest BCUT2D eigenvalue weighted by molar-refractivity contribution is 0.338. The number of nitrogens with one attached hydrogen (secondary N) is 2. The first-order valence-electron chi connectivity index (χ1n) is 9.50. The van der Waals surface area contributed by atoms with Crippen LogP contribution >= 0.6 is 0 Å². The van der Waals surface area contributed by atoms with E-state index in [-0.39, 0.29) is 0 Å². The Morgan fingerprint density at radius 3 is 2.54 bits per heavy atom. The van der Waals surface area contributed by atoms with Crippen molar-refractivity contribution in [3.63, 3.8) is 0 Å². The van der Waals surface area contributed by atoms with Gasteiger partial charge in [-0.2, -0.15) is 0 Å². The van der Waals surface area contributed by atoms with Crippen molar-refractivity contribution >= 4 is 0 Å². The summed E-state index contributed by atoms with van der Waals surface area (Å²) in [7, 11) is 0. The topological polar surface area (TPSA) is 24.1 Å². The van der Waals surface area contributed by atoms with Gasteiger partial charge in [0.05, 0.1) is 0 Å². The summed E-state index contributed by atoms with van der Waals surface area (Å²) in [5.41, 5.74) is 5.50. The summed E-state index contributed by atoms with van der Waals surface area (Å²) in [4.78, 5) is 0.